The van der Waals surface area contributed by atoms with Gasteiger partial charge in [0, 0.05) is 14.6 Å². The highest BCUT2D eigenvalue weighted by Crippen LogP contribution is 2.24. The zero-order valence-corrected chi connectivity index (χ0v) is 9.14. The standard InChI is InChI=1S/C8H11IOS/c9-7-1-3-8(4-2-7)11-6-5-10/h1,3-4,7,10H,2,5-6H2/t7-/m0/s1. The van der Waals surface area contributed by atoms with Crippen molar-refractivity contribution in [2.75, 3.05) is 12.4 Å². The van der Waals surface area contributed by atoms with Crippen LogP contribution in [-0.4, -0.2) is 21.4 Å². The van der Waals surface area contributed by atoms with Gasteiger partial charge in [0.25, 0.3) is 0 Å². The van der Waals surface area contributed by atoms with Crippen LogP contribution in [0.5, 0.6) is 0 Å². The maximum Gasteiger partial charge on any atom is 0.0525 e. The molecular weight excluding hydrogens is 271 g/mol. The van der Waals surface area contributed by atoms with Crippen LogP contribution in [0.2, 0.25) is 0 Å². The van der Waals surface area contributed by atoms with E-state index in [1.54, 1.807) is 11.8 Å². The van der Waals surface area contributed by atoms with E-state index in [1.807, 2.05) is 0 Å². The van der Waals surface area contributed by atoms with Crippen molar-refractivity contribution in [2.45, 2.75) is 10.3 Å². The molecule has 0 fully saturated rings. The highest BCUT2D eigenvalue weighted by Gasteiger charge is 2.03. The first-order valence-electron chi connectivity index (χ1n) is 3.59. The van der Waals surface area contributed by atoms with Crippen molar-refractivity contribution in [1.29, 1.82) is 0 Å². The SMILES string of the molecule is OCCSC1=CC[C@@H](I)C=C1. The summed E-state index contributed by atoms with van der Waals surface area (Å²) < 4.78 is 0.658. The second-order valence-electron chi connectivity index (χ2n) is 2.29. The molecule has 0 heterocycles. The van der Waals surface area contributed by atoms with Gasteiger partial charge in [0.2, 0.25) is 0 Å². The predicted molar refractivity (Wildman–Crippen MR) is 59.2 cm³/mol. The molecule has 0 aromatic rings. The van der Waals surface area contributed by atoms with Gasteiger partial charge >= 0.3 is 0 Å². The van der Waals surface area contributed by atoms with Gasteiger partial charge in [0.05, 0.1) is 6.61 Å². The van der Waals surface area contributed by atoms with Gasteiger partial charge in [-0.15, -0.1) is 11.8 Å². The van der Waals surface area contributed by atoms with E-state index in [0.717, 1.165) is 12.2 Å². The number of aliphatic hydroxyl groups excluding tert-OH is 1. The summed E-state index contributed by atoms with van der Waals surface area (Å²) in [5.74, 6) is 0.808. The van der Waals surface area contributed by atoms with Crippen LogP contribution >= 0.6 is 34.4 Å². The quantitative estimate of drug-likeness (QED) is 0.633. The number of alkyl halides is 1. The fraction of sp³-hybridized carbons (Fsp3) is 0.500. The fourth-order valence-electron chi connectivity index (χ4n) is 0.845. The van der Waals surface area contributed by atoms with Crippen LogP contribution in [0.25, 0.3) is 0 Å². The van der Waals surface area contributed by atoms with E-state index < -0.39 is 0 Å². The Morgan fingerprint density at radius 3 is 3.09 bits per heavy atom. The van der Waals surface area contributed by atoms with Crippen LogP contribution in [0.15, 0.2) is 23.1 Å². The van der Waals surface area contributed by atoms with E-state index in [9.17, 15) is 0 Å². The minimum atomic E-state index is 0.267. The average molecular weight is 282 g/mol. The minimum Gasteiger partial charge on any atom is -0.396 e. The Labute approximate surface area is 85.1 Å². The normalized spacial score (nSPS) is 23.5. The van der Waals surface area contributed by atoms with Gasteiger partial charge in [-0.3, -0.25) is 0 Å². The summed E-state index contributed by atoms with van der Waals surface area (Å²) >= 11 is 4.13. The number of thioether (sulfide) groups is 1. The molecule has 11 heavy (non-hydrogen) atoms. The van der Waals surface area contributed by atoms with Gasteiger partial charge in [0.15, 0.2) is 0 Å². The van der Waals surface area contributed by atoms with Crippen molar-refractivity contribution in [1.82, 2.24) is 0 Å². The number of hydrogen-bond donors (Lipinski definition) is 1. The molecule has 0 spiro atoms. The molecule has 3 heteroatoms. The molecule has 1 aliphatic carbocycles. The van der Waals surface area contributed by atoms with Gasteiger partial charge < -0.3 is 5.11 Å². The van der Waals surface area contributed by atoms with E-state index >= 15 is 0 Å². The maximum absolute atomic E-state index is 8.58. The van der Waals surface area contributed by atoms with Gasteiger partial charge in [-0.2, -0.15) is 0 Å². The molecule has 0 amide bonds. The van der Waals surface area contributed by atoms with Crippen molar-refractivity contribution in [2.24, 2.45) is 0 Å². The maximum atomic E-state index is 8.58. The summed E-state index contributed by atoms with van der Waals surface area (Å²) in [7, 11) is 0. The highest BCUT2D eigenvalue weighted by molar-refractivity contribution is 14.1. The van der Waals surface area contributed by atoms with Crippen molar-refractivity contribution < 1.29 is 5.11 Å². The number of rotatable bonds is 3. The van der Waals surface area contributed by atoms with Crippen LogP contribution < -0.4 is 0 Å². The summed E-state index contributed by atoms with van der Waals surface area (Å²) in [6, 6.07) is 0. The second kappa shape index (κ2) is 5.22. The van der Waals surface area contributed by atoms with Crippen molar-refractivity contribution in [3.05, 3.63) is 23.1 Å². The Morgan fingerprint density at radius 2 is 2.55 bits per heavy atom. The molecule has 0 aromatic carbocycles. The lowest BCUT2D eigenvalue weighted by atomic mass is 10.2. The Balaban J connectivity index is 2.31. The monoisotopic (exact) mass is 282 g/mol. The largest absolute Gasteiger partial charge is 0.396 e. The van der Waals surface area contributed by atoms with Crippen LogP contribution in [0.3, 0.4) is 0 Å². The second-order valence-corrected chi connectivity index (χ2v) is 5.06. The van der Waals surface area contributed by atoms with Gasteiger partial charge in [0.1, 0.15) is 0 Å². The molecule has 62 valence electrons. The summed E-state index contributed by atoms with van der Waals surface area (Å²) in [6.45, 7) is 0.267. The first-order chi connectivity index (χ1) is 5.33. The zero-order chi connectivity index (χ0) is 8.10. The molecule has 1 nitrogen and oxygen atoms in total. The summed E-state index contributed by atoms with van der Waals surface area (Å²) in [6.07, 6.45) is 7.71. The molecule has 1 rings (SSSR count). The van der Waals surface area contributed by atoms with E-state index in [2.05, 4.69) is 40.8 Å². The Morgan fingerprint density at radius 1 is 1.73 bits per heavy atom. The van der Waals surface area contributed by atoms with E-state index in [4.69, 9.17) is 5.11 Å². The van der Waals surface area contributed by atoms with Crippen LogP contribution in [0, 0.1) is 0 Å². The third-order valence-electron chi connectivity index (χ3n) is 1.37. The third-order valence-corrected chi connectivity index (χ3v) is 3.32. The summed E-state index contributed by atoms with van der Waals surface area (Å²) in [4.78, 5) is 1.30. The predicted octanol–water partition coefficient (Wildman–Crippen LogP) is 2.36. The summed E-state index contributed by atoms with van der Waals surface area (Å²) in [5.41, 5.74) is 0. The van der Waals surface area contributed by atoms with Crippen molar-refractivity contribution in [3.63, 3.8) is 0 Å². The van der Waals surface area contributed by atoms with E-state index in [-0.39, 0.29) is 6.61 Å². The van der Waals surface area contributed by atoms with Crippen molar-refractivity contribution >= 4 is 34.4 Å². The van der Waals surface area contributed by atoms with Gasteiger partial charge in [-0.05, 0) is 6.42 Å². The number of allylic oxidation sites excluding steroid dienone is 3. The minimum absolute atomic E-state index is 0.267. The Kier molecular flexibility index (Phi) is 4.56. The lowest BCUT2D eigenvalue weighted by Gasteiger charge is -2.08. The first kappa shape index (κ1) is 9.61. The van der Waals surface area contributed by atoms with Crippen molar-refractivity contribution in [3.8, 4) is 0 Å². The molecule has 0 bridgehead atoms. The highest BCUT2D eigenvalue weighted by atomic mass is 127. The third kappa shape index (κ3) is 3.62. The van der Waals surface area contributed by atoms with Crippen LogP contribution in [0.4, 0.5) is 0 Å². The first-order valence-corrected chi connectivity index (χ1v) is 5.82. The molecule has 0 radical (unpaired) electrons. The topological polar surface area (TPSA) is 20.2 Å². The van der Waals surface area contributed by atoms with E-state index in [1.165, 1.54) is 4.91 Å². The molecule has 0 unspecified atom stereocenters. The Hall–Kier alpha value is 0.520. The molecule has 0 aliphatic heterocycles. The number of hydrogen-bond acceptors (Lipinski definition) is 2. The number of aliphatic hydroxyl groups is 1. The van der Waals surface area contributed by atoms with E-state index in [0.29, 0.717) is 3.92 Å². The molecule has 0 saturated heterocycles. The fourth-order valence-corrected chi connectivity index (χ4v) is 2.02. The smallest absolute Gasteiger partial charge is 0.0525 e. The molecular formula is C8H11IOS. The summed E-state index contributed by atoms with van der Waals surface area (Å²) in [5, 5.41) is 8.58. The van der Waals surface area contributed by atoms with Gasteiger partial charge in [-0.1, -0.05) is 40.8 Å². The molecule has 1 atom stereocenters. The molecule has 0 saturated carbocycles. The molecule has 1 N–H and O–H groups in total. The lowest BCUT2D eigenvalue weighted by Crippen LogP contribution is -1.95. The molecule has 0 aromatic heterocycles. The average Bonchev–Trinajstić information content (AvgIpc) is 2.04. The molecule has 1 aliphatic rings. The van der Waals surface area contributed by atoms with Crippen LogP contribution in [-0.2, 0) is 0 Å². The Bertz CT molecular complexity index is 177. The zero-order valence-electron chi connectivity index (χ0n) is 6.16. The lowest BCUT2D eigenvalue weighted by molar-refractivity contribution is 0.322. The number of halogens is 1. The van der Waals surface area contributed by atoms with Gasteiger partial charge in [-0.25, -0.2) is 0 Å². The van der Waals surface area contributed by atoms with Crippen LogP contribution in [0.1, 0.15) is 6.42 Å².